The first-order valence-electron chi connectivity index (χ1n) is 9.38. The number of rotatable bonds is 5. The summed E-state index contributed by atoms with van der Waals surface area (Å²) in [6.45, 7) is 3.16. The van der Waals surface area contributed by atoms with Crippen molar-refractivity contribution >= 4 is 15.9 Å². The van der Waals surface area contributed by atoms with Crippen molar-refractivity contribution in [3.63, 3.8) is 0 Å². The third kappa shape index (κ3) is 5.05. The van der Waals surface area contributed by atoms with Gasteiger partial charge in [-0.25, -0.2) is 0 Å². The Morgan fingerprint density at radius 3 is 2.45 bits per heavy atom. The van der Waals surface area contributed by atoms with Crippen molar-refractivity contribution in [3.8, 4) is 11.5 Å². The lowest BCUT2D eigenvalue weighted by molar-refractivity contribution is -0.137. The lowest BCUT2D eigenvalue weighted by Gasteiger charge is -2.32. The third-order valence-corrected chi connectivity index (χ3v) is 5.75. The van der Waals surface area contributed by atoms with Crippen molar-refractivity contribution in [2.24, 2.45) is 0 Å². The molecule has 1 aliphatic rings. The van der Waals surface area contributed by atoms with Gasteiger partial charge in [-0.15, -0.1) is 0 Å². The van der Waals surface area contributed by atoms with Crippen LogP contribution in [0.2, 0.25) is 0 Å². The van der Waals surface area contributed by atoms with E-state index < -0.39 is 11.7 Å². The average molecular weight is 473 g/mol. The molecule has 1 aliphatic heterocycles. The molecule has 1 unspecified atom stereocenters. The maximum absolute atomic E-state index is 13.4. The van der Waals surface area contributed by atoms with Gasteiger partial charge in [-0.2, -0.15) is 13.2 Å². The van der Waals surface area contributed by atoms with Crippen molar-refractivity contribution in [1.29, 1.82) is 0 Å². The number of benzene rings is 2. The molecule has 1 saturated heterocycles. The molecule has 158 valence electrons. The zero-order chi connectivity index (χ0) is 21.0. The highest BCUT2D eigenvalue weighted by atomic mass is 79.9. The Hall–Kier alpha value is -1.77. The van der Waals surface area contributed by atoms with Crippen LogP contribution in [0.4, 0.5) is 13.2 Å². The van der Waals surface area contributed by atoms with Crippen molar-refractivity contribution in [3.05, 3.63) is 57.6 Å². The Balaban J connectivity index is 2.14. The molecule has 0 bridgehead atoms. The van der Waals surface area contributed by atoms with Crippen LogP contribution in [0.15, 0.2) is 40.9 Å². The smallest absolute Gasteiger partial charge is 0.416 e. The largest absolute Gasteiger partial charge is 0.493 e. The first-order chi connectivity index (χ1) is 13.8. The van der Waals surface area contributed by atoms with Crippen molar-refractivity contribution in [1.82, 2.24) is 10.2 Å². The molecule has 0 spiro atoms. The van der Waals surface area contributed by atoms with Crippen LogP contribution in [0.25, 0.3) is 0 Å². The van der Waals surface area contributed by atoms with Crippen LogP contribution < -0.4 is 14.8 Å². The van der Waals surface area contributed by atoms with Gasteiger partial charge in [0.05, 0.1) is 25.8 Å². The number of hydrogen-bond donors (Lipinski definition) is 1. The first-order valence-corrected chi connectivity index (χ1v) is 10.2. The summed E-state index contributed by atoms with van der Waals surface area (Å²) in [6, 6.07) is 8.85. The third-order valence-electron chi connectivity index (χ3n) is 5.07. The van der Waals surface area contributed by atoms with E-state index in [1.807, 2.05) is 6.07 Å². The van der Waals surface area contributed by atoms with Gasteiger partial charge in [-0.3, -0.25) is 4.90 Å². The number of hydrogen-bond acceptors (Lipinski definition) is 4. The summed E-state index contributed by atoms with van der Waals surface area (Å²) in [7, 11) is 3.10. The molecule has 1 heterocycles. The SMILES string of the molecule is COc1cc(Br)c(C(c2cccc(C(F)(F)F)c2)N2CCCNCC2)cc1OC. The molecule has 8 heteroatoms. The molecular weight excluding hydrogens is 449 g/mol. The van der Waals surface area contributed by atoms with E-state index in [2.05, 4.69) is 26.1 Å². The van der Waals surface area contributed by atoms with Gasteiger partial charge in [-0.1, -0.05) is 28.1 Å². The molecule has 0 aliphatic carbocycles. The highest BCUT2D eigenvalue weighted by Gasteiger charge is 2.33. The lowest BCUT2D eigenvalue weighted by atomic mass is 9.94. The van der Waals surface area contributed by atoms with Gasteiger partial charge in [-0.05, 0) is 48.4 Å². The van der Waals surface area contributed by atoms with Crippen LogP contribution in [0.3, 0.4) is 0 Å². The number of nitrogens with one attached hydrogen (secondary N) is 1. The molecule has 0 radical (unpaired) electrons. The van der Waals surface area contributed by atoms with Gasteiger partial charge in [0, 0.05) is 24.1 Å². The maximum Gasteiger partial charge on any atom is 0.416 e. The average Bonchev–Trinajstić information content (AvgIpc) is 2.98. The molecule has 0 aromatic heterocycles. The summed E-state index contributed by atoms with van der Waals surface area (Å²) < 4.78 is 51.7. The van der Waals surface area contributed by atoms with Crippen LogP contribution in [0.5, 0.6) is 11.5 Å². The molecule has 2 aromatic rings. The van der Waals surface area contributed by atoms with E-state index in [9.17, 15) is 13.2 Å². The van der Waals surface area contributed by atoms with E-state index in [-0.39, 0.29) is 6.04 Å². The second kappa shape index (κ2) is 9.36. The Bertz CT molecular complexity index is 837. The van der Waals surface area contributed by atoms with E-state index >= 15 is 0 Å². The first kappa shape index (κ1) is 21.9. The number of methoxy groups -OCH3 is 2. The Labute approximate surface area is 177 Å². The Morgan fingerprint density at radius 1 is 1.03 bits per heavy atom. The number of nitrogens with zero attached hydrogens (tertiary/aromatic N) is 1. The van der Waals surface area contributed by atoms with Crippen LogP contribution in [0.1, 0.15) is 29.2 Å². The quantitative estimate of drug-likeness (QED) is 0.672. The minimum absolute atomic E-state index is 0.355. The fourth-order valence-electron chi connectivity index (χ4n) is 3.68. The van der Waals surface area contributed by atoms with Crippen LogP contribution in [-0.2, 0) is 6.18 Å². The molecule has 4 nitrogen and oxygen atoms in total. The zero-order valence-corrected chi connectivity index (χ0v) is 17.9. The molecule has 3 rings (SSSR count). The standard InChI is InChI=1S/C21H24BrF3N2O2/c1-28-18-12-16(17(22)13-19(18)29-2)20(27-9-4-7-26-8-10-27)14-5-3-6-15(11-14)21(23,24)25/h3,5-6,11-13,20,26H,4,7-10H2,1-2H3. The summed E-state index contributed by atoms with van der Waals surface area (Å²) in [5.41, 5.74) is 0.781. The van der Waals surface area contributed by atoms with Gasteiger partial charge in [0.2, 0.25) is 0 Å². The Kier molecular flexibility index (Phi) is 7.08. The summed E-state index contributed by atoms with van der Waals surface area (Å²) in [6.07, 6.45) is -3.48. The molecule has 29 heavy (non-hydrogen) atoms. The van der Waals surface area contributed by atoms with Crippen molar-refractivity contribution < 1.29 is 22.6 Å². The van der Waals surface area contributed by atoms with Crippen LogP contribution in [0, 0.1) is 0 Å². The van der Waals surface area contributed by atoms with Crippen LogP contribution in [-0.4, -0.2) is 45.3 Å². The summed E-state index contributed by atoms with van der Waals surface area (Å²) in [4.78, 5) is 2.21. The van der Waals surface area contributed by atoms with Gasteiger partial charge in [0.15, 0.2) is 11.5 Å². The monoisotopic (exact) mass is 472 g/mol. The number of halogens is 4. The highest BCUT2D eigenvalue weighted by Crippen LogP contribution is 2.41. The van der Waals surface area contributed by atoms with E-state index in [1.54, 1.807) is 26.4 Å². The summed E-state index contributed by atoms with van der Waals surface area (Å²) >= 11 is 3.59. The lowest BCUT2D eigenvalue weighted by Crippen LogP contribution is -2.33. The molecule has 1 atom stereocenters. The van der Waals surface area contributed by atoms with E-state index in [1.165, 1.54) is 12.1 Å². The maximum atomic E-state index is 13.4. The van der Waals surface area contributed by atoms with Crippen molar-refractivity contribution in [2.75, 3.05) is 40.4 Å². The topological polar surface area (TPSA) is 33.7 Å². The predicted octanol–water partition coefficient (Wildman–Crippen LogP) is 4.87. The summed E-state index contributed by atoms with van der Waals surface area (Å²) in [5, 5.41) is 3.35. The van der Waals surface area contributed by atoms with E-state index in [4.69, 9.17) is 9.47 Å². The molecule has 1 N–H and O–H groups in total. The Morgan fingerprint density at radius 2 is 1.76 bits per heavy atom. The molecule has 0 amide bonds. The van der Waals surface area contributed by atoms with Gasteiger partial charge < -0.3 is 14.8 Å². The van der Waals surface area contributed by atoms with Crippen LogP contribution >= 0.6 is 15.9 Å². The number of ether oxygens (including phenoxy) is 2. The molecule has 1 fully saturated rings. The second-order valence-corrected chi connectivity index (χ2v) is 7.75. The molecule has 0 saturated carbocycles. The zero-order valence-electron chi connectivity index (χ0n) is 16.4. The molecule has 2 aromatic carbocycles. The normalized spacial score (nSPS) is 16.9. The highest BCUT2D eigenvalue weighted by molar-refractivity contribution is 9.10. The van der Waals surface area contributed by atoms with E-state index in [0.717, 1.165) is 48.7 Å². The van der Waals surface area contributed by atoms with Gasteiger partial charge in [0.1, 0.15) is 0 Å². The predicted molar refractivity (Wildman–Crippen MR) is 110 cm³/mol. The minimum Gasteiger partial charge on any atom is -0.493 e. The van der Waals surface area contributed by atoms with Gasteiger partial charge in [0.25, 0.3) is 0 Å². The minimum atomic E-state index is -4.39. The van der Waals surface area contributed by atoms with Gasteiger partial charge >= 0.3 is 6.18 Å². The van der Waals surface area contributed by atoms with E-state index in [0.29, 0.717) is 17.1 Å². The fraction of sp³-hybridized carbons (Fsp3) is 0.429. The fourth-order valence-corrected chi connectivity index (χ4v) is 4.22. The van der Waals surface area contributed by atoms with Crippen molar-refractivity contribution in [2.45, 2.75) is 18.6 Å². The number of alkyl halides is 3. The molecular formula is C21H24BrF3N2O2. The summed E-state index contributed by atoms with van der Waals surface area (Å²) in [5.74, 6) is 1.10. The second-order valence-electron chi connectivity index (χ2n) is 6.89.